The molecule has 0 aliphatic carbocycles. The van der Waals surface area contributed by atoms with E-state index < -0.39 is 0 Å². The van der Waals surface area contributed by atoms with Crippen molar-refractivity contribution in [2.75, 3.05) is 17.0 Å². The summed E-state index contributed by atoms with van der Waals surface area (Å²) < 4.78 is 0.934. The highest BCUT2D eigenvalue weighted by Crippen LogP contribution is 1.88. The minimum absolute atomic E-state index is 0.298. The van der Waals surface area contributed by atoms with Crippen molar-refractivity contribution in [1.82, 2.24) is 4.90 Å². The number of rotatable bonds is 4. The fourth-order valence-corrected chi connectivity index (χ4v) is 1.04. The molecule has 0 saturated heterocycles. The van der Waals surface area contributed by atoms with Crippen LogP contribution in [0.4, 0.5) is 0 Å². The molecule has 2 nitrogen and oxygen atoms in total. The summed E-state index contributed by atoms with van der Waals surface area (Å²) in [5.41, 5.74) is 0. The van der Waals surface area contributed by atoms with Crippen molar-refractivity contribution in [2.24, 2.45) is 0 Å². The highest BCUT2D eigenvalue weighted by molar-refractivity contribution is 14.1. The van der Waals surface area contributed by atoms with Crippen molar-refractivity contribution in [3.05, 3.63) is 0 Å². The molecule has 0 heterocycles. The molecular formula is C4H7ClINO. The Bertz CT molecular complexity index is 71.1. The van der Waals surface area contributed by atoms with Crippen LogP contribution >= 0.6 is 34.2 Å². The summed E-state index contributed by atoms with van der Waals surface area (Å²) in [4.78, 5) is 11.5. The van der Waals surface area contributed by atoms with Crippen LogP contribution in [-0.4, -0.2) is 28.3 Å². The Balaban J connectivity index is 3.21. The fourth-order valence-electron chi connectivity index (χ4n) is 0.249. The SMILES string of the molecule is O=CN(CCl)CCI. The third kappa shape index (κ3) is 3.49. The maximum absolute atomic E-state index is 9.96. The lowest BCUT2D eigenvalue weighted by Crippen LogP contribution is -2.21. The highest BCUT2D eigenvalue weighted by atomic mass is 127. The van der Waals surface area contributed by atoms with Crippen LogP contribution in [0.5, 0.6) is 0 Å². The molecular weight excluding hydrogens is 240 g/mol. The second-order valence-electron chi connectivity index (χ2n) is 1.23. The number of carbonyl (C=O) groups excluding carboxylic acids is 1. The van der Waals surface area contributed by atoms with E-state index in [1.54, 1.807) is 0 Å². The summed E-state index contributed by atoms with van der Waals surface area (Å²) in [5, 5.41) is 0. The Morgan fingerprint density at radius 2 is 2.38 bits per heavy atom. The number of nitrogens with zero attached hydrogens (tertiary/aromatic N) is 1. The molecule has 8 heavy (non-hydrogen) atoms. The van der Waals surface area contributed by atoms with Gasteiger partial charge in [0.25, 0.3) is 0 Å². The van der Waals surface area contributed by atoms with E-state index in [2.05, 4.69) is 22.6 Å². The zero-order chi connectivity index (χ0) is 6.41. The molecule has 0 rings (SSSR count). The van der Waals surface area contributed by atoms with Gasteiger partial charge in [0.1, 0.15) is 0 Å². The molecule has 0 N–H and O–H groups in total. The summed E-state index contributed by atoms with van der Waals surface area (Å²) >= 11 is 7.53. The first-order valence-electron chi connectivity index (χ1n) is 2.16. The van der Waals surface area contributed by atoms with Gasteiger partial charge >= 0.3 is 0 Å². The predicted molar refractivity (Wildman–Crippen MR) is 42.4 cm³/mol. The van der Waals surface area contributed by atoms with Crippen LogP contribution < -0.4 is 0 Å². The van der Waals surface area contributed by atoms with E-state index in [0.29, 0.717) is 6.00 Å². The minimum atomic E-state index is 0.298. The predicted octanol–water partition coefficient (Wildman–Crippen LogP) is 1.08. The average molecular weight is 247 g/mol. The Morgan fingerprint density at radius 1 is 1.75 bits per heavy atom. The summed E-state index contributed by atoms with van der Waals surface area (Å²) in [7, 11) is 0. The van der Waals surface area contributed by atoms with E-state index in [1.807, 2.05) is 0 Å². The van der Waals surface area contributed by atoms with Crippen LogP contribution in [0.25, 0.3) is 0 Å². The first kappa shape index (κ1) is 8.49. The summed E-state index contributed by atoms with van der Waals surface area (Å²) in [6.07, 6.45) is 0.756. The molecule has 0 spiro atoms. The van der Waals surface area contributed by atoms with Crippen LogP contribution in [0.3, 0.4) is 0 Å². The zero-order valence-electron chi connectivity index (χ0n) is 4.31. The van der Waals surface area contributed by atoms with Crippen molar-refractivity contribution in [1.29, 1.82) is 0 Å². The van der Waals surface area contributed by atoms with Gasteiger partial charge in [-0.25, -0.2) is 0 Å². The molecule has 0 bridgehead atoms. The van der Waals surface area contributed by atoms with Gasteiger partial charge in [-0.3, -0.25) is 4.79 Å². The van der Waals surface area contributed by atoms with Gasteiger partial charge in [0.2, 0.25) is 6.41 Å². The van der Waals surface area contributed by atoms with Crippen molar-refractivity contribution < 1.29 is 4.79 Å². The van der Waals surface area contributed by atoms with E-state index in [1.165, 1.54) is 4.90 Å². The average Bonchev–Trinajstić information content (AvgIpc) is 1.83. The van der Waals surface area contributed by atoms with Gasteiger partial charge in [-0.05, 0) is 0 Å². The maximum atomic E-state index is 9.96. The van der Waals surface area contributed by atoms with Crippen molar-refractivity contribution >= 4 is 40.6 Å². The number of halogens is 2. The Hall–Kier alpha value is 0.490. The lowest BCUT2D eigenvalue weighted by atomic mass is 10.7. The van der Waals surface area contributed by atoms with E-state index in [9.17, 15) is 4.79 Å². The van der Waals surface area contributed by atoms with Crippen LogP contribution in [0, 0.1) is 0 Å². The summed E-state index contributed by atoms with van der Waals surface area (Å²) in [6.45, 7) is 0.744. The fraction of sp³-hybridized carbons (Fsp3) is 0.750. The number of carbonyl (C=O) groups is 1. The molecule has 0 aromatic heterocycles. The first-order valence-corrected chi connectivity index (χ1v) is 4.22. The molecule has 0 saturated carbocycles. The highest BCUT2D eigenvalue weighted by Gasteiger charge is 1.93. The van der Waals surface area contributed by atoms with Gasteiger partial charge < -0.3 is 4.90 Å². The van der Waals surface area contributed by atoms with Crippen molar-refractivity contribution in [3.63, 3.8) is 0 Å². The monoisotopic (exact) mass is 247 g/mol. The zero-order valence-corrected chi connectivity index (χ0v) is 7.22. The van der Waals surface area contributed by atoms with E-state index in [-0.39, 0.29) is 0 Å². The number of amides is 1. The van der Waals surface area contributed by atoms with E-state index in [0.717, 1.165) is 17.4 Å². The van der Waals surface area contributed by atoms with Gasteiger partial charge in [0.15, 0.2) is 0 Å². The largest absolute Gasteiger partial charge is 0.331 e. The molecule has 0 aliphatic heterocycles. The third-order valence-electron chi connectivity index (χ3n) is 0.674. The molecule has 0 aliphatic rings. The molecule has 0 fully saturated rings. The second-order valence-corrected chi connectivity index (χ2v) is 2.54. The summed E-state index contributed by atoms with van der Waals surface area (Å²) in [5.74, 6) is 0. The standard InChI is InChI=1S/C4H7ClINO/c5-3-7(4-8)2-1-6/h4H,1-3H2. The summed E-state index contributed by atoms with van der Waals surface area (Å²) in [6, 6.07) is 0.298. The van der Waals surface area contributed by atoms with Gasteiger partial charge in [0, 0.05) is 11.0 Å². The molecule has 1 amide bonds. The number of hydrogen-bond acceptors (Lipinski definition) is 1. The van der Waals surface area contributed by atoms with Gasteiger partial charge in [0.05, 0.1) is 6.00 Å². The Morgan fingerprint density at radius 3 is 2.50 bits per heavy atom. The molecule has 48 valence electrons. The van der Waals surface area contributed by atoms with Crippen LogP contribution in [0.1, 0.15) is 0 Å². The number of hydrogen-bond donors (Lipinski definition) is 0. The smallest absolute Gasteiger partial charge is 0.210 e. The van der Waals surface area contributed by atoms with Crippen LogP contribution in [0.15, 0.2) is 0 Å². The van der Waals surface area contributed by atoms with E-state index >= 15 is 0 Å². The van der Waals surface area contributed by atoms with Crippen LogP contribution in [-0.2, 0) is 4.79 Å². The third-order valence-corrected chi connectivity index (χ3v) is 1.46. The lowest BCUT2D eigenvalue weighted by molar-refractivity contribution is -0.117. The van der Waals surface area contributed by atoms with Gasteiger partial charge in [-0.2, -0.15) is 0 Å². The molecule has 0 atom stereocenters. The molecule has 0 radical (unpaired) electrons. The molecule has 0 unspecified atom stereocenters. The normalized spacial score (nSPS) is 8.75. The minimum Gasteiger partial charge on any atom is -0.331 e. The molecule has 4 heteroatoms. The molecule has 0 aromatic carbocycles. The van der Waals surface area contributed by atoms with Gasteiger partial charge in [-0.15, -0.1) is 11.6 Å². The first-order chi connectivity index (χ1) is 3.85. The maximum Gasteiger partial charge on any atom is 0.210 e. The van der Waals surface area contributed by atoms with Crippen LogP contribution in [0.2, 0.25) is 0 Å². The van der Waals surface area contributed by atoms with Gasteiger partial charge in [-0.1, -0.05) is 22.6 Å². The lowest BCUT2D eigenvalue weighted by Gasteiger charge is -2.09. The second kappa shape index (κ2) is 5.62. The van der Waals surface area contributed by atoms with Crippen molar-refractivity contribution in [3.8, 4) is 0 Å². The Labute approximate surface area is 67.3 Å². The van der Waals surface area contributed by atoms with E-state index in [4.69, 9.17) is 11.6 Å². The number of alkyl halides is 2. The topological polar surface area (TPSA) is 20.3 Å². The Kier molecular flexibility index (Phi) is 5.97. The van der Waals surface area contributed by atoms with Crippen molar-refractivity contribution in [2.45, 2.75) is 0 Å². The quantitative estimate of drug-likeness (QED) is 0.315. The molecule has 0 aromatic rings.